The number of carboxylic acids is 1. The summed E-state index contributed by atoms with van der Waals surface area (Å²) in [4.78, 5) is 132. The third kappa shape index (κ3) is 23.7. The Labute approximate surface area is 698 Å². The molecule has 14 atom stereocenters. The number of benzene rings is 3. The number of nitrogens with two attached hydrogens (primary N) is 1. The number of ketones is 1. The van der Waals surface area contributed by atoms with Crippen LogP contribution in [0.5, 0.6) is 23.3 Å². The highest BCUT2D eigenvalue weighted by molar-refractivity contribution is 7.85. The highest BCUT2D eigenvalue weighted by Crippen LogP contribution is 2.57. The van der Waals surface area contributed by atoms with Crippen molar-refractivity contribution in [3.63, 3.8) is 0 Å². The lowest BCUT2D eigenvalue weighted by molar-refractivity contribution is -0.150. The second-order valence-electron chi connectivity index (χ2n) is 35.6. The molecule has 9 N–H and O–H groups in total. The van der Waals surface area contributed by atoms with Gasteiger partial charge in [-0.05, 0) is 174 Å². The number of carbonyl (C=O) groups is 8. The van der Waals surface area contributed by atoms with Gasteiger partial charge in [-0.2, -0.15) is 8.42 Å². The number of nitrogens with one attached hydrogen (secondary N) is 4. The minimum Gasteiger partial charge on any atom is -0.497 e. The molecule has 119 heavy (non-hydrogen) atoms. The molecule has 10 aliphatic rings. The number of allylic oxidation sites excluding steroid dienone is 1. The molecule has 8 fully saturated rings. The number of hydrogen-bond donors (Lipinski definition) is 8. The van der Waals surface area contributed by atoms with Crippen molar-refractivity contribution >= 4 is 87.8 Å². The third-order valence-electron chi connectivity index (χ3n) is 24.0. The van der Waals surface area contributed by atoms with E-state index in [1.54, 1.807) is 49.5 Å². The molecule has 3 aromatic carbocycles. The molecular formula is C86H117BN11O20S. The van der Waals surface area contributed by atoms with Crippen LogP contribution in [0.25, 0.3) is 22.1 Å². The first-order valence-electron chi connectivity index (χ1n) is 42.1. The van der Waals surface area contributed by atoms with Crippen LogP contribution in [-0.4, -0.2) is 205 Å². The van der Waals surface area contributed by atoms with Gasteiger partial charge in [-0.25, -0.2) is 34.3 Å². The fraction of sp³-hybridized carbons (Fsp3) is 0.605. The number of aromatic nitrogens is 4. The zero-order chi connectivity index (χ0) is 86.8. The van der Waals surface area contributed by atoms with Gasteiger partial charge in [0.05, 0.1) is 65.7 Å². The molecule has 1 radical (unpaired) electrons. The quantitative estimate of drug-likeness (QED) is 0.0150. The molecule has 33 heteroatoms. The van der Waals surface area contributed by atoms with Crippen LogP contribution in [0, 0.1) is 58.7 Å². The first-order valence-corrected chi connectivity index (χ1v) is 42.9. The van der Waals surface area contributed by atoms with E-state index < -0.39 is 92.3 Å². The number of nitrogens with zero attached hydrogens (tertiary/aromatic N) is 6. The standard InChI is InChI=1S/C40H53N5O7.C29H38N4O7.C10H16N2O.C7H8O3S.BH2O2/c1-6-25-19-40(25,37(48)41-21-23-12-13-23)20-32(46)31-18-27-22-45(31)36(47)34(39(2,3)4)44-38(49)52-33-16-24(33)10-8-7-9-11-29-35(51-27)43-30-17-26(50-5)14-15-28(30)42-29;1-29(2,3)24-26(34)33-15-18(14-22(33)27(35)36)39-25-20(30-19-11-10-17(38-4)13-21(19)31-25)9-7-5-6-8-16-12-23(16)40-28(37)32-24;1-2-8-5-10(8,11)9(13)12-6-7-3-4-7;1-6-2-4-7(5-3-6)11(8,9)10;1-3-2/h6,14-15,17,23-25,27,31,33-34H,1,7-13,16,18-22H2,2-5H3,(H,41,48)(H,44,49);10-11,13,16,18,22-24H,5-9,12,14-15H2,1-4H3,(H,32,37)(H,35,36);2,7-8H,1,3-6,11H2,(H,12,13);2-5H,1H3,(H,8,9,10);1-2H/t24-,25-,27-,31+,33-,34-,40-;16-,18-,22+,23-,24-;8-,10-;;/m111../s1/i;;;;1T. The van der Waals surface area contributed by atoms with Gasteiger partial charge in [0.15, 0.2) is 5.78 Å². The van der Waals surface area contributed by atoms with Gasteiger partial charge in [-0.1, -0.05) is 97.1 Å². The van der Waals surface area contributed by atoms with E-state index in [4.69, 9.17) is 65.2 Å². The molecule has 15 rings (SSSR count). The average molecular weight is 1670 g/mol. The second-order valence-corrected chi connectivity index (χ2v) is 37.0. The van der Waals surface area contributed by atoms with Gasteiger partial charge >= 0.3 is 26.2 Å². The van der Waals surface area contributed by atoms with E-state index in [9.17, 15) is 51.9 Å². The van der Waals surface area contributed by atoms with Crippen LogP contribution in [0.4, 0.5) is 9.59 Å². The van der Waals surface area contributed by atoms with Crippen molar-refractivity contribution in [1.82, 2.24) is 51.0 Å². The van der Waals surface area contributed by atoms with Gasteiger partial charge in [0, 0.05) is 51.7 Å². The second kappa shape index (κ2) is 38.4. The smallest absolute Gasteiger partial charge is 0.408 e. The summed E-state index contributed by atoms with van der Waals surface area (Å²) in [5, 5.41) is 28.7. The monoisotopic (exact) mass is 1670 g/mol. The van der Waals surface area contributed by atoms with Crippen LogP contribution in [0.15, 0.2) is 90.9 Å². The highest BCUT2D eigenvalue weighted by atomic mass is 32.2. The van der Waals surface area contributed by atoms with E-state index in [-0.39, 0.29) is 84.8 Å². The fourth-order valence-corrected chi connectivity index (χ4v) is 16.4. The molecular weight excluding hydrogens is 1550 g/mol. The van der Waals surface area contributed by atoms with E-state index in [1.807, 2.05) is 78.8 Å². The van der Waals surface area contributed by atoms with Crippen LogP contribution in [0.2, 0.25) is 0 Å². The number of alkyl carbamates (subject to hydrolysis) is 2. The summed E-state index contributed by atoms with van der Waals surface area (Å²) in [6.45, 7) is 22.1. The first kappa shape index (κ1) is 88.7. The average Bonchev–Trinajstić information content (AvgIpc) is 1.57. The Balaban J connectivity index is 0.000000180. The maximum atomic E-state index is 14.6. The molecule has 31 nitrogen and oxygen atoms in total. The summed E-state index contributed by atoms with van der Waals surface area (Å²) in [7, 11) is -0.406. The van der Waals surface area contributed by atoms with Crippen molar-refractivity contribution < 1.29 is 94.9 Å². The Morgan fingerprint density at radius 1 is 0.639 bits per heavy atom. The molecule has 0 spiro atoms. The van der Waals surface area contributed by atoms with Gasteiger partial charge in [0.25, 0.3) is 10.1 Å². The number of fused-ring (bicyclic) bond motifs is 10. The fourth-order valence-electron chi connectivity index (χ4n) is 15.9. The van der Waals surface area contributed by atoms with Crippen molar-refractivity contribution in [2.75, 3.05) is 40.4 Å². The summed E-state index contributed by atoms with van der Waals surface area (Å²) < 4.78 is 70.6. The zero-order valence-electron chi connectivity index (χ0n) is 70.6. The van der Waals surface area contributed by atoms with Crippen LogP contribution in [-0.2, 0) is 66.0 Å². The molecule has 2 saturated heterocycles. The molecule has 6 heterocycles. The molecule has 5 aromatic rings. The van der Waals surface area contributed by atoms with Crippen molar-refractivity contribution in [1.29, 1.82) is 1.34 Å². The summed E-state index contributed by atoms with van der Waals surface area (Å²) in [5.74, 6) is 1.61. The van der Waals surface area contributed by atoms with Crippen LogP contribution < -0.4 is 45.9 Å². The van der Waals surface area contributed by atoms with E-state index in [1.165, 1.54) is 29.9 Å². The summed E-state index contributed by atoms with van der Waals surface area (Å²) in [6.07, 6.45) is 17.6. The number of aliphatic carboxylic acids is 1. The number of carboxylic acid groups (broad SMARTS) is 1. The van der Waals surface area contributed by atoms with Crippen molar-refractivity contribution in [3.8, 4) is 23.3 Å². The summed E-state index contributed by atoms with van der Waals surface area (Å²) in [6, 6.07) is 13.1. The van der Waals surface area contributed by atoms with Gasteiger partial charge in [-0.15, -0.1) is 13.2 Å². The van der Waals surface area contributed by atoms with Gasteiger partial charge in [0.1, 0.15) is 71.0 Å². The van der Waals surface area contributed by atoms with Gasteiger partial charge in [-0.3, -0.25) is 33.8 Å². The lowest BCUT2D eigenvalue weighted by Gasteiger charge is -2.35. The van der Waals surface area contributed by atoms with Crippen LogP contribution in [0.3, 0.4) is 0 Å². The molecule has 0 unspecified atom stereocenters. The third-order valence-corrected chi connectivity index (χ3v) is 24.9. The zero-order valence-corrected chi connectivity index (χ0v) is 70.4. The Morgan fingerprint density at radius 2 is 1.09 bits per heavy atom. The minimum absolute atomic E-state index is 0.00398. The summed E-state index contributed by atoms with van der Waals surface area (Å²) >= 11 is 0. The Hall–Kier alpha value is -9.57. The molecule has 4 aliphatic heterocycles. The van der Waals surface area contributed by atoms with Gasteiger partial charge in [0.2, 0.25) is 35.4 Å². The topological polar surface area (TPSA) is 428 Å². The number of aryl methyl sites for hydroxylation is 3. The summed E-state index contributed by atoms with van der Waals surface area (Å²) in [5.41, 5.74) is 8.06. The molecule has 6 amide bonds. The maximum absolute atomic E-state index is 14.6. The van der Waals surface area contributed by atoms with Crippen molar-refractivity contribution in [3.05, 3.63) is 103 Å². The first-order chi connectivity index (χ1) is 57.0. The lowest BCUT2D eigenvalue weighted by Crippen LogP contribution is -2.57. The Kier molecular flexibility index (Phi) is 28.7. The predicted molar refractivity (Wildman–Crippen MR) is 442 cm³/mol. The molecule has 6 aliphatic carbocycles. The van der Waals surface area contributed by atoms with Crippen LogP contribution >= 0.6 is 0 Å². The molecule has 6 saturated carbocycles. The van der Waals surface area contributed by atoms with E-state index in [0.29, 0.717) is 97.5 Å². The minimum atomic E-state index is -4.02. The number of hydrogen-bond acceptors (Lipinski definition) is 23. The van der Waals surface area contributed by atoms with Crippen LogP contribution in [0.1, 0.15) is 180 Å². The van der Waals surface area contributed by atoms with E-state index >= 15 is 0 Å². The predicted octanol–water partition coefficient (Wildman–Crippen LogP) is 9.98. The Morgan fingerprint density at radius 3 is 1.50 bits per heavy atom. The number of amides is 6. The SMILES string of the molecule is C=C[C@@H]1C[C@]1(CC(=O)[C@@H]1C[C@@H]2CN1C(=O)[C@H](C(C)(C)C)NC(=O)O[C@@H]1C[C@H]1CCCCCc1nc3ccc(OC)cc3nc1O2)C(=O)NCC1CC1.C=C[C@@H]1C[C@]1(N)C(=O)NCC1CC1.COc1ccc2nc3c(nc2c1)O[C@@H]1C[C@@H](C(=O)O)N(C1)C(=O)[C@H](C(C)(C)C)NC(=O)O[C@@H]1C[C@H]1CCCCC3.Cc1ccc(S(=O)(=O)O)cc1.[3H][B]OO. The van der Waals surface area contributed by atoms with Crippen molar-refractivity contribution in [2.24, 2.45) is 57.5 Å². The number of ether oxygens (including phenoxy) is 6. The normalized spacial score (nSPS) is 28.1. The van der Waals surface area contributed by atoms with E-state index in [2.05, 4.69) is 39.2 Å². The van der Waals surface area contributed by atoms with E-state index in [0.717, 1.165) is 112 Å². The Bertz CT molecular complexity index is 4680. The maximum Gasteiger partial charge on any atom is 0.408 e. The van der Waals surface area contributed by atoms with Crippen molar-refractivity contribution in [2.45, 2.75) is 242 Å². The number of methoxy groups -OCH3 is 2. The molecule has 4 bridgehead atoms. The van der Waals surface area contributed by atoms with Gasteiger partial charge < -0.3 is 75.1 Å². The lowest BCUT2D eigenvalue weighted by atomic mass is 9.85. The number of Topliss-reactive ketones (excluding diaryl/α,β-unsaturated/α-hetero) is 1. The highest BCUT2D eigenvalue weighted by Gasteiger charge is 2.61. The number of rotatable bonds is 16. The largest absolute Gasteiger partial charge is 0.497 e. The number of carbonyl (C=O) groups excluding carboxylic acids is 7. The molecule has 645 valence electrons. The molecule has 2 aromatic heterocycles.